The molecular formula is C16H18N2OS. The average molecular weight is 286 g/mol. The Labute approximate surface area is 123 Å². The fourth-order valence-electron chi connectivity index (χ4n) is 2.96. The van der Waals surface area contributed by atoms with Crippen LogP contribution >= 0.6 is 12.2 Å². The SMILES string of the molecule is O=c1[nH]c(=S)c2c(n1CCCc1ccccc1)CCC2. The lowest BCUT2D eigenvalue weighted by Crippen LogP contribution is -2.27. The van der Waals surface area contributed by atoms with Crippen LogP contribution in [0.3, 0.4) is 0 Å². The lowest BCUT2D eigenvalue weighted by atomic mass is 10.1. The molecule has 0 saturated carbocycles. The molecule has 0 aliphatic heterocycles. The Balaban J connectivity index is 1.77. The summed E-state index contributed by atoms with van der Waals surface area (Å²) in [5, 5.41) is 0. The zero-order chi connectivity index (χ0) is 13.9. The van der Waals surface area contributed by atoms with Gasteiger partial charge in [0.05, 0.1) is 0 Å². The van der Waals surface area contributed by atoms with Crippen LogP contribution in [0, 0.1) is 4.64 Å². The van der Waals surface area contributed by atoms with E-state index in [9.17, 15) is 4.79 Å². The normalized spacial score (nSPS) is 13.4. The maximum atomic E-state index is 12.1. The van der Waals surface area contributed by atoms with Crippen molar-refractivity contribution in [2.24, 2.45) is 0 Å². The van der Waals surface area contributed by atoms with Gasteiger partial charge in [-0.15, -0.1) is 0 Å². The van der Waals surface area contributed by atoms with Crippen LogP contribution in [0.4, 0.5) is 0 Å². The highest BCUT2D eigenvalue weighted by Gasteiger charge is 2.17. The number of fused-ring (bicyclic) bond motifs is 1. The van der Waals surface area contributed by atoms with Crippen molar-refractivity contribution in [2.75, 3.05) is 0 Å². The molecule has 0 bridgehead atoms. The van der Waals surface area contributed by atoms with Gasteiger partial charge in [0.2, 0.25) is 0 Å². The number of hydrogen-bond acceptors (Lipinski definition) is 2. The summed E-state index contributed by atoms with van der Waals surface area (Å²) in [5.74, 6) is 0. The molecule has 1 heterocycles. The molecular weight excluding hydrogens is 268 g/mol. The standard InChI is InChI=1S/C16H18N2OS/c19-16-17-15(20)13-9-4-10-14(13)18(16)11-5-8-12-6-2-1-3-7-12/h1-3,6-7H,4-5,8-11H2,(H,17,19,20). The van der Waals surface area contributed by atoms with E-state index in [4.69, 9.17) is 12.2 Å². The first-order valence-electron chi connectivity index (χ1n) is 7.14. The first kappa shape index (κ1) is 13.3. The van der Waals surface area contributed by atoms with Crippen LogP contribution in [0.5, 0.6) is 0 Å². The van der Waals surface area contributed by atoms with Gasteiger partial charge in [0.25, 0.3) is 0 Å². The van der Waals surface area contributed by atoms with Crippen LogP contribution in [0.2, 0.25) is 0 Å². The maximum absolute atomic E-state index is 12.1. The molecule has 4 heteroatoms. The highest BCUT2D eigenvalue weighted by molar-refractivity contribution is 7.71. The van der Waals surface area contributed by atoms with Gasteiger partial charge in [-0.1, -0.05) is 42.5 Å². The van der Waals surface area contributed by atoms with E-state index in [-0.39, 0.29) is 5.69 Å². The molecule has 0 radical (unpaired) electrons. The summed E-state index contributed by atoms with van der Waals surface area (Å²) in [6.07, 6.45) is 5.06. The second-order valence-electron chi connectivity index (χ2n) is 5.28. The zero-order valence-corrected chi connectivity index (χ0v) is 12.2. The fraction of sp³-hybridized carbons (Fsp3) is 0.375. The van der Waals surface area contributed by atoms with E-state index >= 15 is 0 Å². The Morgan fingerprint density at radius 2 is 2.00 bits per heavy atom. The molecule has 1 aromatic carbocycles. The van der Waals surface area contributed by atoms with Gasteiger partial charge in [-0.3, -0.25) is 9.55 Å². The largest absolute Gasteiger partial charge is 0.326 e. The first-order chi connectivity index (χ1) is 9.75. The molecule has 0 unspecified atom stereocenters. The molecule has 104 valence electrons. The number of rotatable bonds is 4. The highest BCUT2D eigenvalue weighted by Crippen LogP contribution is 2.20. The summed E-state index contributed by atoms with van der Waals surface area (Å²) in [6.45, 7) is 0.766. The summed E-state index contributed by atoms with van der Waals surface area (Å²) in [4.78, 5) is 14.9. The number of aromatic nitrogens is 2. The molecule has 0 atom stereocenters. The van der Waals surface area contributed by atoms with Crippen LogP contribution in [0.1, 0.15) is 29.7 Å². The Bertz CT molecular complexity index is 715. The van der Waals surface area contributed by atoms with Crippen LogP contribution in [-0.4, -0.2) is 9.55 Å². The lowest BCUT2D eigenvalue weighted by Gasteiger charge is -2.11. The molecule has 1 aliphatic rings. The number of nitrogens with one attached hydrogen (secondary N) is 1. The second-order valence-corrected chi connectivity index (χ2v) is 5.69. The molecule has 0 spiro atoms. The minimum Gasteiger partial charge on any atom is -0.298 e. The highest BCUT2D eigenvalue weighted by atomic mass is 32.1. The first-order valence-corrected chi connectivity index (χ1v) is 7.55. The van der Waals surface area contributed by atoms with Gasteiger partial charge < -0.3 is 0 Å². The van der Waals surface area contributed by atoms with Gasteiger partial charge in [-0.2, -0.15) is 0 Å². The Morgan fingerprint density at radius 3 is 2.80 bits per heavy atom. The predicted octanol–water partition coefficient (Wildman–Crippen LogP) is 3.03. The van der Waals surface area contributed by atoms with E-state index in [2.05, 4.69) is 29.2 Å². The molecule has 1 aliphatic carbocycles. The van der Waals surface area contributed by atoms with Crippen LogP contribution in [-0.2, 0) is 25.8 Å². The summed E-state index contributed by atoms with van der Waals surface area (Å²) in [5.41, 5.74) is 3.61. The summed E-state index contributed by atoms with van der Waals surface area (Å²) < 4.78 is 2.53. The van der Waals surface area contributed by atoms with Crippen molar-refractivity contribution in [3.63, 3.8) is 0 Å². The van der Waals surface area contributed by atoms with Crippen molar-refractivity contribution in [3.8, 4) is 0 Å². The Morgan fingerprint density at radius 1 is 1.20 bits per heavy atom. The second kappa shape index (κ2) is 5.75. The summed E-state index contributed by atoms with van der Waals surface area (Å²) in [7, 11) is 0. The van der Waals surface area contributed by atoms with Crippen molar-refractivity contribution in [2.45, 2.75) is 38.6 Å². The molecule has 0 fully saturated rings. The van der Waals surface area contributed by atoms with Crippen molar-refractivity contribution in [3.05, 3.63) is 62.3 Å². The van der Waals surface area contributed by atoms with E-state index in [1.165, 1.54) is 11.1 Å². The average Bonchev–Trinajstić information content (AvgIpc) is 2.93. The van der Waals surface area contributed by atoms with Crippen molar-refractivity contribution in [1.82, 2.24) is 9.55 Å². The smallest absolute Gasteiger partial charge is 0.298 e. The zero-order valence-electron chi connectivity index (χ0n) is 11.4. The van der Waals surface area contributed by atoms with Crippen molar-refractivity contribution < 1.29 is 0 Å². The van der Waals surface area contributed by atoms with Gasteiger partial charge in [-0.25, -0.2) is 4.79 Å². The number of aromatic amines is 1. The third-order valence-corrected chi connectivity index (χ3v) is 4.29. The molecule has 3 rings (SSSR count). The Hall–Kier alpha value is -1.68. The topological polar surface area (TPSA) is 37.8 Å². The van der Waals surface area contributed by atoms with Crippen molar-refractivity contribution in [1.29, 1.82) is 0 Å². The molecule has 1 aromatic heterocycles. The molecule has 2 aromatic rings. The predicted molar refractivity (Wildman–Crippen MR) is 82.7 cm³/mol. The number of H-pyrrole nitrogens is 1. The van der Waals surface area contributed by atoms with Crippen molar-refractivity contribution >= 4 is 12.2 Å². The van der Waals surface area contributed by atoms with Crippen LogP contribution in [0.15, 0.2) is 35.1 Å². The van der Waals surface area contributed by atoms with Gasteiger partial charge in [-0.05, 0) is 37.7 Å². The molecule has 0 saturated heterocycles. The number of aryl methyl sites for hydroxylation is 1. The number of hydrogen-bond donors (Lipinski definition) is 1. The van der Waals surface area contributed by atoms with Crippen LogP contribution < -0.4 is 5.69 Å². The van der Waals surface area contributed by atoms with Gasteiger partial charge in [0.1, 0.15) is 4.64 Å². The number of nitrogens with zero attached hydrogens (tertiary/aromatic N) is 1. The molecule has 0 amide bonds. The quantitative estimate of drug-likeness (QED) is 0.877. The maximum Gasteiger partial charge on any atom is 0.326 e. The van der Waals surface area contributed by atoms with Crippen LogP contribution in [0.25, 0.3) is 0 Å². The molecule has 20 heavy (non-hydrogen) atoms. The third kappa shape index (κ3) is 2.61. The van der Waals surface area contributed by atoms with E-state index in [0.717, 1.165) is 44.3 Å². The lowest BCUT2D eigenvalue weighted by molar-refractivity contribution is 0.582. The fourth-order valence-corrected chi connectivity index (χ4v) is 3.26. The summed E-state index contributed by atoms with van der Waals surface area (Å²) >= 11 is 5.25. The molecule has 3 nitrogen and oxygen atoms in total. The number of benzene rings is 1. The van der Waals surface area contributed by atoms with Gasteiger partial charge in [0, 0.05) is 17.8 Å². The Kier molecular flexibility index (Phi) is 3.83. The van der Waals surface area contributed by atoms with Gasteiger partial charge >= 0.3 is 5.69 Å². The summed E-state index contributed by atoms with van der Waals surface area (Å²) in [6, 6.07) is 10.4. The monoisotopic (exact) mass is 286 g/mol. The molecule has 1 N–H and O–H groups in total. The van der Waals surface area contributed by atoms with E-state index < -0.39 is 0 Å². The third-order valence-electron chi connectivity index (χ3n) is 3.94. The van der Waals surface area contributed by atoms with E-state index in [1.54, 1.807) is 0 Å². The van der Waals surface area contributed by atoms with E-state index in [0.29, 0.717) is 4.64 Å². The minimum absolute atomic E-state index is 0.0521. The minimum atomic E-state index is -0.0521. The van der Waals surface area contributed by atoms with E-state index in [1.807, 2.05) is 10.6 Å². The van der Waals surface area contributed by atoms with Gasteiger partial charge in [0.15, 0.2) is 0 Å².